The maximum absolute atomic E-state index is 12.8. The number of hydrogen-bond acceptors (Lipinski definition) is 3. The number of hydrogen-bond donors (Lipinski definition) is 2. The number of benzene rings is 1. The van der Waals surface area contributed by atoms with E-state index in [2.05, 4.69) is 14.7 Å². The van der Waals surface area contributed by atoms with Gasteiger partial charge in [-0.15, -0.1) is 0 Å². The van der Waals surface area contributed by atoms with E-state index >= 15 is 0 Å². The number of fused-ring (bicyclic) bond motifs is 1. The van der Waals surface area contributed by atoms with Crippen molar-refractivity contribution in [3.63, 3.8) is 0 Å². The normalized spacial score (nSPS) is 16.0. The van der Waals surface area contributed by atoms with Crippen LogP contribution in [0.25, 0.3) is 6.08 Å². The number of rotatable bonds is 5. The van der Waals surface area contributed by atoms with Crippen molar-refractivity contribution in [3.8, 4) is 0 Å². The van der Waals surface area contributed by atoms with Crippen molar-refractivity contribution in [1.82, 2.24) is 14.7 Å². The number of aromatic nitrogens is 2. The van der Waals surface area contributed by atoms with Crippen molar-refractivity contribution in [1.29, 1.82) is 0 Å². The molecule has 1 aromatic carbocycles. The third kappa shape index (κ3) is 3.38. The van der Waals surface area contributed by atoms with Gasteiger partial charge >= 0.3 is 0 Å². The van der Waals surface area contributed by atoms with E-state index in [1.165, 1.54) is 5.56 Å². The van der Waals surface area contributed by atoms with Gasteiger partial charge in [-0.2, -0.15) is 0 Å². The molecule has 1 atom stereocenters. The Labute approximate surface area is 136 Å². The summed E-state index contributed by atoms with van der Waals surface area (Å²) in [7, 11) is -3.55. The second kappa shape index (κ2) is 6.29. The molecule has 0 saturated carbocycles. The van der Waals surface area contributed by atoms with Crippen molar-refractivity contribution < 1.29 is 8.42 Å². The molecule has 0 amide bonds. The lowest BCUT2D eigenvalue weighted by molar-refractivity contribution is 0.448. The largest absolute Gasteiger partial charge is 0.347 e. The van der Waals surface area contributed by atoms with Gasteiger partial charge in [0, 0.05) is 12.4 Å². The molecule has 2 N–H and O–H groups in total. The lowest BCUT2D eigenvalue weighted by Crippen LogP contribution is -2.33. The molecule has 1 aliphatic rings. The monoisotopic (exact) mass is 331 g/mol. The van der Waals surface area contributed by atoms with Crippen LogP contribution >= 0.6 is 0 Å². The zero-order chi connectivity index (χ0) is 16.4. The van der Waals surface area contributed by atoms with Crippen LogP contribution in [-0.4, -0.2) is 18.4 Å². The van der Waals surface area contributed by atoms with Gasteiger partial charge in [0.1, 0.15) is 5.82 Å². The smallest absolute Gasteiger partial charge is 0.237 e. The topological polar surface area (TPSA) is 74.8 Å². The molecule has 1 heterocycles. The van der Waals surface area contributed by atoms with Gasteiger partial charge in [-0.05, 0) is 36.0 Å². The number of aryl methyl sites for hydroxylation is 1. The van der Waals surface area contributed by atoms with E-state index in [9.17, 15) is 8.42 Å². The Hall–Kier alpha value is -1.92. The summed E-state index contributed by atoms with van der Waals surface area (Å²) in [5.41, 5.74) is 2.18. The number of nitrogens with zero attached hydrogens (tertiary/aromatic N) is 1. The molecule has 0 radical (unpaired) electrons. The number of sulfonamides is 1. The molecule has 5 nitrogen and oxygen atoms in total. The molecule has 0 aliphatic heterocycles. The molecule has 6 heteroatoms. The average Bonchev–Trinajstić information content (AvgIpc) is 3.06. The summed E-state index contributed by atoms with van der Waals surface area (Å²) in [6.45, 7) is 3.94. The van der Waals surface area contributed by atoms with E-state index in [1.54, 1.807) is 18.5 Å². The minimum Gasteiger partial charge on any atom is -0.347 e. The van der Waals surface area contributed by atoms with Gasteiger partial charge in [-0.3, -0.25) is 0 Å². The standard InChI is InChI=1S/C17H21N3O2S/c1-12(2)16(17-18-9-10-19-17)20-23(21,22)15-8-7-13-5-3-4-6-14(13)11-15/h3-6,9-12,16,20H,7-8H2,1-2H3,(H,18,19)/t16-/m0/s1. The third-order valence-electron chi connectivity index (χ3n) is 4.12. The summed E-state index contributed by atoms with van der Waals surface area (Å²) < 4.78 is 28.4. The van der Waals surface area contributed by atoms with Crippen molar-refractivity contribution in [2.75, 3.05) is 0 Å². The van der Waals surface area contributed by atoms with E-state index < -0.39 is 10.0 Å². The van der Waals surface area contributed by atoms with Crippen LogP contribution in [0.2, 0.25) is 0 Å². The maximum Gasteiger partial charge on any atom is 0.237 e. The molecular weight excluding hydrogens is 310 g/mol. The van der Waals surface area contributed by atoms with Gasteiger partial charge < -0.3 is 4.98 Å². The number of nitrogens with one attached hydrogen (secondary N) is 2. The Morgan fingerprint density at radius 2 is 2.00 bits per heavy atom. The Bertz CT molecular complexity index is 808. The minimum atomic E-state index is -3.55. The van der Waals surface area contributed by atoms with Crippen molar-refractivity contribution in [2.24, 2.45) is 5.92 Å². The average molecular weight is 331 g/mol. The van der Waals surface area contributed by atoms with Crippen LogP contribution in [0.1, 0.15) is 43.3 Å². The molecule has 1 aliphatic carbocycles. The van der Waals surface area contributed by atoms with Crippen LogP contribution in [0.15, 0.2) is 41.6 Å². The van der Waals surface area contributed by atoms with E-state index in [0.717, 1.165) is 12.0 Å². The third-order valence-corrected chi connectivity index (χ3v) is 5.70. The zero-order valence-electron chi connectivity index (χ0n) is 13.3. The highest BCUT2D eigenvalue weighted by Gasteiger charge is 2.28. The van der Waals surface area contributed by atoms with Crippen LogP contribution in [0.4, 0.5) is 0 Å². The highest BCUT2D eigenvalue weighted by Crippen LogP contribution is 2.28. The van der Waals surface area contributed by atoms with Crippen molar-refractivity contribution >= 4 is 16.1 Å². The van der Waals surface area contributed by atoms with E-state index in [-0.39, 0.29) is 12.0 Å². The number of allylic oxidation sites excluding steroid dienone is 1. The van der Waals surface area contributed by atoms with Crippen LogP contribution < -0.4 is 4.72 Å². The molecule has 23 heavy (non-hydrogen) atoms. The molecule has 0 fully saturated rings. The Kier molecular flexibility index (Phi) is 4.37. The summed E-state index contributed by atoms with van der Waals surface area (Å²) in [6.07, 6.45) is 6.39. The predicted octanol–water partition coefficient (Wildman–Crippen LogP) is 3.01. The fourth-order valence-electron chi connectivity index (χ4n) is 2.82. The summed E-state index contributed by atoms with van der Waals surface area (Å²) in [4.78, 5) is 7.64. The highest BCUT2D eigenvalue weighted by molar-refractivity contribution is 7.93. The van der Waals surface area contributed by atoms with Gasteiger partial charge in [-0.25, -0.2) is 18.1 Å². The number of imidazole rings is 1. The molecule has 3 rings (SSSR count). The second-order valence-electron chi connectivity index (χ2n) is 6.13. The lowest BCUT2D eigenvalue weighted by atomic mass is 9.98. The maximum atomic E-state index is 12.8. The van der Waals surface area contributed by atoms with Gasteiger partial charge in [0.25, 0.3) is 0 Å². The lowest BCUT2D eigenvalue weighted by Gasteiger charge is -2.23. The second-order valence-corrected chi connectivity index (χ2v) is 7.89. The molecule has 0 bridgehead atoms. The van der Waals surface area contributed by atoms with E-state index in [4.69, 9.17) is 0 Å². The van der Waals surface area contributed by atoms with Gasteiger partial charge in [-0.1, -0.05) is 38.1 Å². The van der Waals surface area contributed by atoms with E-state index in [1.807, 2.05) is 38.1 Å². The molecule has 2 aromatic rings. The molecule has 122 valence electrons. The summed E-state index contributed by atoms with van der Waals surface area (Å²) in [5.74, 6) is 0.729. The summed E-state index contributed by atoms with van der Waals surface area (Å²) in [6, 6.07) is 7.54. The zero-order valence-corrected chi connectivity index (χ0v) is 14.1. The SMILES string of the molecule is CC(C)[C@H](NS(=O)(=O)C1=Cc2ccccc2CC1)c1ncc[nH]1. The van der Waals surface area contributed by atoms with Gasteiger partial charge in [0.05, 0.1) is 10.9 Å². The number of H-pyrrole nitrogens is 1. The first-order valence-corrected chi connectivity index (χ1v) is 9.26. The molecular formula is C17H21N3O2S. The molecule has 0 unspecified atom stereocenters. The molecule has 1 aromatic heterocycles. The Morgan fingerprint density at radius 3 is 2.70 bits per heavy atom. The minimum absolute atomic E-state index is 0.0902. The fraction of sp³-hybridized carbons (Fsp3) is 0.353. The fourth-order valence-corrected chi connectivity index (χ4v) is 4.34. The van der Waals surface area contributed by atoms with E-state index in [0.29, 0.717) is 17.2 Å². The van der Waals surface area contributed by atoms with Crippen molar-refractivity contribution in [2.45, 2.75) is 32.7 Å². The summed E-state index contributed by atoms with van der Waals surface area (Å²) in [5, 5.41) is 0. The van der Waals surface area contributed by atoms with Gasteiger partial charge in [0.2, 0.25) is 10.0 Å². The van der Waals surface area contributed by atoms with Crippen molar-refractivity contribution in [3.05, 3.63) is 58.5 Å². The Balaban J connectivity index is 1.89. The van der Waals surface area contributed by atoms with Crippen LogP contribution in [0.3, 0.4) is 0 Å². The quantitative estimate of drug-likeness (QED) is 0.884. The van der Waals surface area contributed by atoms with Crippen LogP contribution in [0, 0.1) is 5.92 Å². The predicted molar refractivity (Wildman–Crippen MR) is 91.0 cm³/mol. The highest BCUT2D eigenvalue weighted by atomic mass is 32.2. The first-order chi connectivity index (χ1) is 11.0. The molecule has 0 spiro atoms. The molecule has 0 saturated heterocycles. The summed E-state index contributed by atoms with van der Waals surface area (Å²) >= 11 is 0. The first-order valence-electron chi connectivity index (χ1n) is 7.77. The Morgan fingerprint density at radius 1 is 1.22 bits per heavy atom. The first kappa shape index (κ1) is 16.0. The van der Waals surface area contributed by atoms with Gasteiger partial charge in [0.15, 0.2) is 0 Å². The van der Waals surface area contributed by atoms with Crippen LogP contribution in [-0.2, 0) is 16.4 Å². The number of aromatic amines is 1. The van der Waals surface area contributed by atoms with Crippen LogP contribution in [0.5, 0.6) is 0 Å².